The Labute approximate surface area is 337 Å². The zero-order valence-corrected chi connectivity index (χ0v) is 32.9. The molecule has 3 saturated heterocycles. The summed E-state index contributed by atoms with van der Waals surface area (Å²) in [7, 11) is 1.74. The molecular weight excluding hydrogens is 766 g/mol. The van der Waals surface area contributed by atoms with E-state index in [9.17, 15) is 32.3 Å². The molecule has 4 fully saturated rings. The number of benzene rings is 2. The van der Waals surface area contributed by atoms with E-state index in [2.05, 4.69) is 35.0 Å². The Morgan fingerprint density at radius 3 is 2.34 bits per heavy atom. The van der Waals surface area contributed by atoms with Crippen LogP contribution in [-0.4, -0.2) is 92.3 Å². The van der Waals surface area contributed by atoms with Crippen molar-refractivity contribution in [2.24, 2.45) is 13.0 Å². The first-order valence-corrected chi connectivity index (χ1v) is 20.6. The lowest BCUT2D eigenvalue weighted by Gasteiger charge is -2.39. The number of rotatable bonds is 8. The molecule has 2 N–H and O–H groups in total. The van der Waals surface area contributed by atoms with Crippen LogP contribution in [0.1, 0.15) is 79.6 Å². The number of carbonyl (C=O) groups is 3. The first-order chi connectivity index (χ1) is 28.4. The third kappa shape index (κ3) is 7.56. The number of nitrogens with zero attached hydrogens (tertiary/aromatic N) is 8. The first-order valence-electron chi connectivity index (χ1n) is 20.6. The van der Waals surface area contributed by atoms with Crippen LogP contribution in [0.25, 0.3) is 21.9 Å². The number of imide groups is 1. The second-order valence-electron chi connectivity index (χ2n) is 16.4. The average Bonchev–Trinajstić information content (AvgIpc) is 3.97. The molecule has 2 aromatic carbocycles. The lowest BCUT2D eigenvalue weighted by atomic mass is 9.85. The van der Waals surface area contributed by atoms with Gasteiger partial charge in [-0.25, -0.2) is 9.78 Å². The van der Waals surface area contributed by atoms with E-state index in [0.29, 0.717) is 23.5 Å². The standard InChI is InChI=1S/C42H47F3N10O4/c1-50-38-32(7-5-8-33(38)55(41(50)59)34-14-15-37(56)48-40(34)58)53-20-18-51(19-21-53)24-26-10-12-28(13-11-26)54-25-27-22-31(35(23-30(27)49-54)52-16-2-3-17-52)47-39(57)29-6-4-9-36(46-29)42(43,44)45/h4-9,22-23,25-26,28,34H,2-3,10-21,24H2,1H3,(H,47,57)(H,48,56,58). The maximum absolute atomic E-state index is 13.5. The summed E-state index contributed by atoms with van der Waals surface area (Å²) in [5.41, 5.74) is 2.91. The minimum Gasteiger partial charge on any atom is -0.370 e. The molecule has 310 valence electrons. The van der Waals surface area contributed by atoms with Crippen molar-refractivity contribution in [2.75, 3.05) is 60.9 Å². The molecule has 1 aliphatic carbocycles. The summed E-state index contributed by atoms with van der Waals surface area (Å²) in [6.07, 6.45) is 3.99. The van der Waals surface area contributed by atoms with E-state index in [0.717, 1.165) is 118 Å². The summed E-state index contributed by atoms with van der Waals surface area (Å²) in [6, 6.07) is 12.5. The number of piperidine rings is 1. The fourth-order valence-electron chi connectivity index (χ4n) is 9.52. The van der Waals surface area contributed by atoms with Gasteiger partial charge in [0.1, 0.15) is 17.4 Å². The van der Waals surface area contributed by atoms with E-state index >= 15 is 0 Å². The van der Waals surface area contributed by atoms with Gasteiger partial charge in [-0.15, -0.1) is 0 Å². The molecule has 17 heteroatoms. The number of halogens is 3. The normalized spacial score (nSPS) is 22.1. The number of alkyl halides is 3. The molecule has 3 aromatic heterocycles. The van der Waals surface area contributed by atoms with Gasteiger partial charge >= 0.3 is 11.9 Å². The second-order valence-corrected chi connectivity index (χ2v) is 16.4. The van der Waals surface area contributed by atoms with Crippen molar-refractivity contribution in [1.29, 1.82) is 0 Å². The van der Waals surface area contributed by atoms with Crippen LogP contribution in [-0.2, 0) is 22.8 Å². The molecule has 14 nitrogen and oxygen atoms in total. The number of anilines is 3. The van der Waals surface area contributed by atoms with Crippen LogP contribution in [0.3, 0.4) is 0 Å². The van der Waals surface area contributed by atoms with Crippen LogP contribution in [0.4, 0.5) is 30.2 Å². The number of imidazole rings is 1. The third-order valence-electron chi connectivity index (χ3n) is 12.6. The van der Waals surface area contributed by atoms with Crippen LogP contribution < -0.4 is 26.1 Å². The average molecular weight is 813 g/mol. The van der Waals surface area contributed by atoms with Crippen LogP contribution in [0.5, 0.6) is 0 Å². The van der Waals surface area contributed by atoms with Crippen LogP contribution >= 0.6 is 0 Å². The van der Waals surface area contributed by atoms with Gasteiger partial charge in [0.2, 0.25) is 11.8 Å². The topological polar surface area (TPSA) is 143 Å². The van der Waals surface area contributed by atoms with E-state index < -0.39 is 29.7 Å². The number of carbonyl (C=O) groups excluding carboxylic acids is 3. The Balaban J connectivity index is 0.835. The molecule has 4 aliphatic rings. The van der Waals surface area contributed by atoms with Gasteiger partial charge in [-0.1, -0.05) is 12.1 Å². The molecule has 5 aromatic rings. The number of piperazine rings is 1. The van der Waals surface area contributed by atoms with Crippen LogP contribution in [0.2, 0.25) is 0 Å². The molecule has 6 heterocycles. The highest BCUT2D eigenvalue weighted by atomic mass is 19.4. The van der Waals surface area contributed by atoms with Crippen molar-refractivity contribution < 1.29 is 27.6 Å². The molecular formula is C42H47F3N10O4. The lowest BCUT2D eigenvalue weighted by molar-refractivity contribution is -0.141. The largest absolute Gasteiger partial charge is 0.433 e. The number of amides is 3. The number of pyridine rings is 1. The van der Waals surface area contributed by atoms with E-state index in [-0.39, 0.29) is 29.8 Å². The van der Waals surface area contributed by atoms with E-state index in [4.69, 9.17) is 5.10 Å². The van der Waals surface area contributed by atoms with E-state index in [1.54, 1.807) is 11.6 Å². The number of para-hydroxylation sites is 1. The SMILES string of the molecule is Cn1c(=O)n(C2CCC(=O)NC2=O)c2cccc(N3CCN(CC4CCC(n5cc6cc(NC(=O)c7cccc(C(F)(F)F)n7)c(N7CCCC7)cc6n5)CC4)CC3)c21. The van der Waals surface area contributed by atoms with Gasteiger partial charge in [-0.2, -0.15) is 18.3 Å². The Hall–Kier alpha value is -5.71. The van der Waals surface area contributed by atoms with Gasteiger partial charge in [0.15, 0.2) is 0 Å². The van der Waals surface area contributed by atoms with Crippen LogP contribution in [0, 0.1) is 5.92 Å². The van der Waals surface area contributed by atoms with E-state index in [1.807, 2.05) is 36.5 Å². The number of hydrogen-bond acceptors (Lipinski definition) is 9. The number of fused-ring (bicyclic) bond motifs is 2. The van der Waals surface area contributed by atoms with E-state index in [1.165, 1.54) is 16.7 Å². The minimum atomic E-state index is -4.65. The van der Waals surface area contributed by atoms with Crippen molar-refractivity contribution in [2.45, 2.75) is 69.6 Å². The van der Waals surface area contributed by atoms with Crippen molar-refractivity contribution in [3.05, 3.63) is 76.6 Å². The molecule has 0 radical (unpaired) electrons. The molecule has 1 atom stereocenters. The Morgan fingerprint density at radius 2 is 1.61 bits per heavy atom. The summed E-state index contributed by atoms with van der Waals surface area (Å²) >= 11 is 0. The lowest BCUT2D eigenvalue weighted by Crippen LogP contribution is -2.48. The van der Waals surface area contributed by atoms with Crippen molar-refractivity contribution in [3.8, 4) is 0 Å². The molecule has 3 amide bonds. The Morgan fingerprint density at radius 1 is 0.881 bits per heavy atom. The highest BCUT2D eigenvalue weighted by Crippen LogP contribution is 2.38. The fourth-order valence-corrected chi connectivity index (χ4v) is 9.52. The fraction of sp³-hybridized carbons (Fsp3) is 0.476. The van der Waals surface area contributed by atoms with Gasteiger partial charge in [-0.3, -0.25) is 38.4 Å². The highest BCUT2D eigenvalue weighted by Gasteiger charge is 2.35. The maximum Gasteiger partial charge on any atom is 0.433 e. The Bertz CT molecular complexity index is 2490. The molecule has 59 heavy (non-hydrogen) atoms. The van der Waals surface area contributed by atoms with Gasteiger partial charge < -0.3 is 15.1 Å². The molecule has 0 spiro atoms. The van der Waals surface area contributed by atoms with Gasteiger partial charge in [0.25, 0.3) is 5.91 Å². The smallest absolute Gasteiger partial charge is 0.370 e. The number of nitrogens with one attached hydrogen (secondary N) is 2. The predicted molar refractivity (Wildman–Crippen MR) is 217 cm³/mol. The molecule has 1 unspecified atom stereocenters. The van der Waals surface area contributed by atoms with Crippen molar-refractivity contribution in [3.63, 3.8) is 0 Å². The summed E-state index contributed by atoms with van der Waals surface area (Å²) in [5, 5.41) is 11.1. The van der Waals surface area contributed by atoms with Gasteiger partial charge in [-0.05, 0) is 87.3 Å². The second kappa shape index (κ2) is 15.5. The summed E-state index contributed by atoms with van der Waals surface area (Å²) in [6.45, 7) is 6.05. The molecule has 3 aliphatic heterocycles. The highest BCUT2D eigenvalue weighted by molar-refractivity contribution is 6.06. The van der Waals surface area contributed by atoms with Gasteiger partial charge in [0.05, 0.1) is 39.7 Å². The van der Waals surface area contributed by atoms with Gasteiger partial charge in [0, 0.05) is 70.9 Å². The van der Waals surface area contributed by atoms with Crippen LogP contribution in [0.15, 0.2) is 59.5 Å². The molecule has 9 rings (SSSR count). The number of hydrogen-bond donors (Lipinski definition) is 2. The Kier molecular flexibility index (Phi) is 10.2. The summed E-state index contributed by atoms with van der Waals surface area (Å²) < 4.78 is 45.2. The first kappa shape index (κ1) is 38.8. The molecule has 1 saturated carbocycles. The monoisotopic (exact) mass is 812 g/mol. The minimum absolute atomic E-state index is 0.198. The zero-order chi connectivity index (χ0) is 41.0. The quantitative estimate of drug-likeness (QED) is 0.195. The maximum atomic E-state index is 13.5. The summed E-state index contributed by atoms with van der Waals surface area (Å²) in [4.78, 5) is 61.8. The molecule has 0 bridgehead atoms. The summed E-state index contributed by atoms with van der Waals surface area (Å²) in [5.74, 6) is -0.896. The third-order valence-corrected chi connectivity index (χ3v) is 12.6. The van der Waals surface area contributed by atoms with Crippen molar-refractivity contribution in [1.82, 2.24) is 34.1 Å². The predicted octanol–water partition coefficient (Wildman–Crippen LogP) is 5.49. The number of aromatic nitrogens is 5. The zero-order valence-electron chi connectivity index (χ0n) is 32.9. The number of aryl methyl sites for hydroxylation is 1. The van der Waals surface area contributed by atoms with Crippen molar-refractivity contribution >= 4 is 56.7 Å².